The zero-order chi connectivity index (χ0) is 21.4. The first-order valence-corrected chi connectivity index (χ1v) is 10.3. The van der Waals surface area contributed by atoms with Crippen LogP contribution in [0.25, 0.3) is 11.5 Å². The molecule has 0 radical (unpaired) electrons. The Morgan fingerprint density at radius 2 is 2.00 bits per heavy atom. The average molecular weight is 416 g/mol. The Labute approximate surface area is 180 Å². The fourth-order valence-corrected chi connectivity index (χ4v) is 4.08. The van der Waals surface area contributed by atoms with Gasteiger partial charge in [-0.25, -0.2) is 10.4 Å². The third-order valence-corrected chi connectivity index (χ3v) is 5.80. The minimum Gasteiger partial charge on any atom is -0.497 e. The molecule has 2 aliphatic heterocycles. The lowest BCUT2D eigenvalue weighted by molar-refractivity contribution is -0.135. The van der Waals surface area contributed by atoms with Gasteiger partial charge in [-0.15, -0.1) is 0 Å². The van der Waals surface area contributed by atoms with Gasteiger partial charge in [0.25, 0.3) is 5.91 Å². The van der Waals surface area contributed by atoms with Crippen molar-refractivity contribution in [1.29, 1.82) is 0 Å². The Kier molecular flexibility index (Phi) is 4.95. The first-order chi connectivity index (χ1) is 15.1. The Bertz CT molecular complexity index is 1120. The maximum atomic E-state index is 13.2. The maximum absolute atomic E-state index is 13.2. The van der Waals surface area contributed by atoms with Gasteiger partial charge in [0.05, 0.1) is 19.7 Å². The molecular weight excluding hydrogens is 392 g/mol. The lowest BCUT2D eigenvalue weighted by Gasteiger charge is -2.31. The molecule has 2 unspecified atom stereocenters. The molecule has 0 spiro atoms. The molecule has 7 heteroatoms. The summed E-state index contributed by atoms with van der Waals surface area (Å²) in [5, 5.41) is 1.90. The van der Waals surface area contributed by atoms with E-state index in [4.69, 9.17) is 9.15 Å². The second-order valence-corrected chi connectivity index (χ2v) is 7.77. The lowest BCUT2D eigenvalue weighted by atomic mass is 10.0. The number of carbonyl (C=O) groups is 1. The molecule has 2 aliphatic rings. The number of fused-ring (bicyclic) bond motifs is 1. The smallest absolute Gasteiger partial charge is 0.251 e. The van der Waals surface area contributed by atoms with Crippen LogP contribution in [0.1, 0.15) is 29.5 Å². The van der Waals surface area contributed by atoms with Gasteiger partial charge in [0, 0.05) is 18.0 Å². The van der Waals surface area contributed by atoms with E-state index in [-0.39, 0.29) is 18.0 Å². The normalized spacial score (nSPS) is 20.3. The molecule has 1 saturated heterocycles. The molecule has 1 aromatic heterocycles. The Balaban J connectivity index is 1.31. The highest BCUT2D eigenvalue weighted by Crippen LogP contribution is 2.33. The molecule has 1 N–H and O–H groups in total. The zero-order valence-electron chi connectivity index (χ0n) is 17.5. The van der Waals surface area contributed by atoms with Gasteiger partial charge in [-0.2, -0.15) is 0 Å². The van der Waals surface area contributed by atoms with Gasteiger partial charge in [0.15, 0.2) is 0 Å². The topological polar surface area (TPSA) is 70.8 Å². The summed E-state index contributed by atoms with van der Waals surface area (Å²) in [5.74, 6) is 2.15. The van der Waals surface area contributed by atoms with Crippen molar-refractivity contribution in [3.63, 3.8) is 0 Å². The number of amides is 1. The van der Waals surface area contributed by atoms with Crippen molar-refractivity contribution in [1.82, 2.24) is 20.3 Å². The van der Waals surface area contributed by atoms with Crippen LogP contribution in [0.5, 0.6) is 5.75 Å². The van der Waals surface area contributed by atoms with E-state index in [2.05, 4.69) is 16.5 Å². The summed E-state index contributed by atoms with van der Waals surface area (Å²) in [6.07, 6.45) is 4.40. The van der Waals surface area contributed by atoms with Crippen molar-refractivity contribution in [2.45, 2.75) is 32.0 Å². The van der Waals surface area contributed by atoms with E-state index in [0.29, 0.717) is 18.9 Å². The molecule has 2 atom stereocenters. The number of hydrazine groups is 1. The molecule has 0 saturated carbocycles. The highest BCUT2D eigenvalue weighted by molar-refractivity contribution is 5.84. The molecule has 5 rings (SSSR count). The molecule has 158 valence electrons. The standard InChI is InChI=1S/C24H24N4O3/c1-16-21(25-23(31-16)17-7-4-3-5-8-17)15-27-11-12-28-22(24(27)29)14-20(26-28)18-9-6-10-19(13-18)30-2/h3-13,20,22,26H,14-15H2,1-2H3. The predicted molar refractivity (Wildman–Crippen MR) is 115 cm³/mol. The number of benzene rings is 2. The highest BCUT2D eigenvalue weighted by atomic mass is 16.5. The number of oxazole rings is 1. The Hall–Kier alpha value is -3.58. The van der Waals surface area contributed by atoms with Gasteiger partial charge in [0.1, 0.15) is 23.2 Å². The monoisotopic (exact) mass is 416 g/mol. The highest BCUT2D eigenvalue weighted by Gasteiger charge is 2.40. The number of nitrogens with one attached hydrogen (secondary N) is 1. The van der Waals surface area contributed by atoms with Crippen LogP contribution in [0.2, 0.25) is 0 Å². The van der Waals surface area contributed by atoms with E-state index >= 15 is 0 Å². The summed E-state index contributed by atoms with van der Waals surface area (Å²) in [6, 6.07) is 17.5. The molecule has 3 aromatic rings. The molecule has 0 bridgehead atoms. The van der Waals surface area contributed by atoms with Crippen LogP contribution < -0.4 is 10.2 Å². The van der Waals surface area contributed by atoms with Crippen LogP contribution in [0.3, 0.4) is 0 Å². The largest absolute Gasteiger partial charge is 0.497 e. The van der Waals surface area contributed by atoms with Crippen LogP contribution >= 0.6 is 0 Å². The number of rotatable bonds is 5. The van der Waals surface area contributed by atoms with Crippen LogP contribution in [0, 0.1) is 6.92 Å². The molecule has 0 aliphatic carbocycles. The number of aryl methyl sites for hydroxylation is 1. The average Bonchev–Trinajstić information content (AvgIpc) is 3.41. The molecule has 31 heavy (non-hydrogen) atoms. The second-order valence-electron chi connectivity index (χ2n) is 7.77. The first kappa shape index (κ1) is 19.4. The SMILES string of the molecule is COc1cccc(C2CC3C(=O)N(Cc4nc(-c5ccccc5)oc4C)C=CN3N2)c1. The summed E-state index contributed by atoms with van der Waals surface area (Å²) >= 11 is 0. The van der Waals surface area contributed by atoms with Gasteiger partial charge in [-0.3, -0.25) is 4.79 Å². The number of ether oxygens (including phenoxy) is 1. The van der Waals surface area contributed by atoms with Crippen molar-refractivity contribution in [3.05, 3.63) is 84.0 Å². The van der Waals surface area contributed by atoms with Crippen molar-refractivity contribution >= 4 is 5.91 Å². The summed E-state index contributed by atoms with van der Waals surface area (Å²) in [4.78, 5) is 19.6. The number of hydrogen-bond acceptors (Lipinski definition) is 6. The van der Waals surface area contributed by atoms with E-state index in [9.17, 15) is 4.79 Å². The van der Waals surface area contributed by atoms with Crippen LogP contribution in [-0.2, 0) is 11.3 Å². The van der Waals surface area contributed by atoms with E-state index < -0.39 is 0 Å². The lowest BCUT2D eigenvalue weighted by Crippen LogP contribution is -2.47. The second kappa shape index (κ2) is 7.92. The predicted octanol–water partition coefficient (Wildman–Crippen LogP) is 3.79. The van der Waals surface area contributed by atoms with Gasteiger partial charge >= 0.3 is 0 Å². The summed E-state index contributed by atoms with van der Waals surface area (Å²) in [6.45, 7) is 2.26. The van der Waals surface area contributed by atoms with Crippen molar-refractivity contribution < 1.29 is 13.9 Å². The molecule has 1 fully saturated rings. The molecule has 1 amide bonds. The minimum absolute atomic E-state index is 0.0454. The summed E-state index contributed by atoms with van der Waals surface area (Å²) in [7, 11) is 1.66. The van der Waals surface area contributed by atoms with E-state index in [1.54, 1.807) is 18.2 Å². The number of hydrogen-bond donors (Lipinski definition) is 1. The zero-order valence-corrected chi connectivity index (χ0v) is 17.5. The number of aromatic nitrogens is 1. The molecular formula is C24H24N4O3. The van der Waals surface area contributed by atoms with Gasteiger partial charge in [-0.1, -0.05) is 30.3 Å². The fourth-order valence-electron chi connectivity index (χ4n) is 4.08. The van der Waals surface area contributed by atoms with Gasteiger partial charge < -0.3 is 19.1 Å². The maximum Gasteiger partial charge on any atom is 0.251 e. The van der Waals surface area contributed by atoms with E-state index in [0.717, 1.165) is 28.3 Å². The quantitative estimate of drug-likeness (QED) is 0.682. The fraction of sp³-hybridized carbons (Fsp3) is 0.250. The van der Waals surface area contributed by atoms with E-state index in [1.807, 2.05) is 66.7 Å². The number of methoxy groups -OCH3 is 1. The van der Waals surface area contributed by atoms with Crippen LogP contribution in [-0.4, -0.2) is 34.0 Å². The Morgan fingerprint density at radius 1 is 1.16 bits per heavy atom. The molecule has 2 aromatic carbocycles. The molecule has 7 nitrogen and oxygen atoms in total. The van der Waals surface area contributed by atoms with Gasteiger partial charge in [-0.05, 0) is 43.2 Å². The van der Waals surface area contributed by atoms with Crippen molar-refractivity contribution in [3.8, 4) is 17.2 Å². The third kappa shape index (κ3) is 3.68. The summed E-state index contributed by atoms with van der Waals surface area (Å²) < 4.78 is 11.2. The number of nitrogens with zero attached hydrogens (tertiary/aromatic N) is 3. The van der Waals surface area contributed by atoms with Crippen molar-refractivity contribution in [2.24, 2.45) is 0 Å². The van der Waals surface area contributed by atoms with Crippen LogP contribution in [0.4, 0.5) is 0 Å². The Morgan fingerprint density at radius 3 is 2.81 bits per heavy atom. The summed E-state index contributed by atoms with van der Waals surface area (Å²) in [5.41, 5.74) is 6.21. The van der Waals surface area contributed by atoms with E-state index in [1.165, 1.54) is 0 Å². The third-order valence-electron chi connectivity index (χ3n) is 5.80. The minimum atomic E-state index is -0.262. The first-order valence-electron chi connectivity index (χ1n) is 10.3. The number of carbonyl (C=O) groups excluding carboxylic acids is 1. The van der Waals surface area contributed by atoms with Crippen LogP contribution in [0.15, 0.2) is 71.4 Å². The molecule has 3 heterocycles. The van der Waals surface area contributed by atoms with Gasteiger partial charge in [0.2, 0.25) is 5.89 Å². The van der Waals surface area contributed by atoms with Crippen molar-refractivity contribution in [2.75, 3.05) is 7.11 Å².